The molecule has 0 saturated heterocycles. The van der Waals surface area contributed by atoms with E-state index in [2.05, 4.69) is 9.50 Å². The SMILES string of the molecule is C[C@H](NC(=O)OC(C)(C)C)c1cccc(OS(=O)(=O)C(F)(F)F)c1. The zero-order valence-electron chi connectivity index (χ0n) is 13.5. The lowest BCUT2D eigenvalue weighted by atomic mass is 10.1. The predicted octanol–water partition coefficient (Wildman–Crippen LogP) is 3.50. The van der Waals surface area contributed by atoms with E-state index in [1.165, 1.54) is 12.1 Å². The molecule has 1 aromatic carbocycles. The maximum atomic E-state index is 12.3. The van der Waals surface area contributed by atoms with Gasteiger partial charge in [-0.1, -0.05) is 12.1 Å². The number of nitrogens with one attached hydrogen (secondary N) is 1. The Morgan fingerprint density at radius 1 is 1.21 bits per heavy atom. The molecule has 0 heterocycles. The summed E-state index contributed by atoms with van der Waals surface area (Å²) in [6.07, 6.45) is -0.718. The molecule has 1 rings (SSSR count). The first kappa shape index (κ1) is 20.1. The van der Waals surface area contributed by atoms with Gasteiger partial charge < -0.3 is 14.2 Å². The molecule has 1 atom stereocenters. The fraction of sp³-hybridized carbons (Fsp3) is 0.500. The molecule has 6 nitrogen and oxygen atoms in total. The van der Waals surface area contributed by atoms with Gasteiger partial charge in [0, 0.05) is 0 Å². The monoisotopic (exact) mass is 369 g/mol. The van der Waals surface area contributed by atoms with Crippen LogP contribution in [0.4, 0.5) is 18.0 Å². The summed E-state index contributed by atoms with van der Waals surface area (Å²) in [4.78, 5) is 11.7. The molecule has 10 heteroatoms. The molecule has 0 aromatic heterocycles. The van der Waals surface area contributed by atoms with Crippen LogP contribution in [0.5, 0.6) is 5.75 Å². The van der Waals surface area contributed by atoms with Crippen LogP contribution in [0, 0.1) is 0 Å². The molecule has 136 valence electrons. The summed E-state index contributed by atoms with van der Waals surface area (Å²) in [6.45, 7) is 6.58. The van der Waals surface area contributed by atoms with E-state index in [1.54, 1.807) is 27.7 Å². The van der Waals surface area contributed by atoms with E-state index in [0.29, 0.717) is 5.56 Å². The number of alkyl carbamates (subject to hydrolysis) is 1. The number of rotatable bonds is 4. The molecule has 1 aromatic rings. The molecule has 24 heavy (non-hydrogen) atoms. The van der Waals surface area contributed by atoms with Crippen molar-refractivity contribution in [3.8, 4) is 5.75 Å². The second-order valence-corrected chi connectivity index (χ2v) is 7.46. The summed E-state index contributed by atoms with van der Waals surface area (Å²) in [6, 6.07) is 4.31. The minimum Gasteiger partial charge on any atom is -0.444 e. The molecule has 0 radical (unpaired) electrons. The Morgan fingerprint density at radius 3 is 2.29 bits per heavy atom. The third kappa shape index (κ3) is 5.91. The smallest absolute Gasteiger partial charge is 0.444 e. The van der Waals surface area contributed by atoms with Gasteiger partial charge in [0.25, 0.3) is 0 Å². The maximum Gasteiger partial charge on any atom is 0.534 e. The van der Waals surface area contributed by atoms with Gasteiger partial charge >= 0.3 is 21.7 Å². The normalized spacial score (nSPS) is 14.0. The number of hydrogen-bond acceptors (Lipinski definition) is 5. The van der Waals surface area contributed by atoms with Crippen LogP contribution in [0.3, 0.4) is 0 Å². The molecule has 1 amide bonds. The highest BCUT2D eigenvalue weighted by Crippen LogP contribution is 2.28. The first-order chi connectivity index (χ1) is 10.7. The summed E-state index contributed by atoms with van der Waals surface area (Å²) >= 11 is 0. The molecule has 0 fully saturated rings. The number of hydrogen-bond donors (Lipinski definition) is 1. The molecule has 0 aliphatic carbocycles. The van der Waals surface area contributed by atoms with Gasteiger partial charge in [0.1, 0.15) is 11.4 Å². The standard InChI is InChI=1S/C14H18F3NO5S/c1-9(18-12(19)22-13(2,3)4)10-6-5-7-11(8-10)23-24(20,21)14(15,16)17/h5-9H,1-4H3,(H,18,19)/t9-/m0/s1. The molecular formula is C14H18F3NO5S. The second-order valence-electron chi connectivity index (χ2n) is 5.92. The van der Waals surface area contributed by atoms with Gasteiger partial charge in [-0.2, -0.15) is 21.6 Å². The third-order valence-electron chi connectivity index (χ3n) is 2.58. The fourth-order valence-electron chi connectivity index (χ4n) is 1.58. The number of halogens is 3. The highest BCUT2D eigenvalue weighted by Gasteiger charge is 2.48. The quantitative estimate of drug-likeness (QED) is 0.649. The number of carbonyl (C=O) groups excluding carboxylic acids is 1. The van der Waals surface area contributed by atoms with Gasteiger partial charge in [-0.15, -0.1) is 0 Å². The average Bonchev–Trinajstić information content (AvgIpc) is 2.34. The number of alkyl halides is 3. The van der Waals surface area contributed by atoms with Crippen molar-refractivity contribution in [2.75, 3.05) is 0 Å². The van der Waals surface area contributed by atoms with Gasteiger partial charge in [-0.25, -0.2) is 4.79 Å². The van der Waals surface area contributed by atoms with Crippen LogP contribution in [-0.2, 0) is 14.9 Å². The first-order valence-corrected chi connectivity index (χ1v) is 8.22. The zero-order valence-corrected chi connectivity index (χ0v) is 14.3. The van der Waals surface area contributed by atoms with Crippen molar-refractivity contribution in [3.63, 3.8) is 0 Å². The van der Waals surface area contributed by atoms with Crippen molar-refractivity contribution in [2.24, 2.45) is 0 Å². The molecule has 0 unspecified atom stereocenters. The molecule has 0 spiro atoms. The lowest BCUT2D eigenvalue weighted by Crippen LogP contribution is -2.34. The second kappa shape index (κ2) is 6.88. The van der Waals surface area contributed by atoms with Crippen LogP contribution < -0.4 is 9.50 Å². The number of carbonyl (C=O) groups is 1. The van der Waals surface area contributed by atoms with Crippen molar-refractivity contribution in [1.29, 1.82) is 0 Å². The Bertz CT molecular complexity index is 695. The topological polar surface area (TPSA) is 81.7 Å². The lowest BCUT2D eigenvalue weighted by Gasteiger charge is -2.22. The Labute approximate surface area is 138 Å². The largest absolute Gasteiger partial charge is 0.534 e. The molecule has 0 aliphatic rings. The van der Waals surface area contributed by atoms with Gasteiger partial charge in [-0.05, 0) is 45.4 Å². The van der Waals surface area contributed by atoms with Crippen molar-refractivity contribution in [3.05, 3.63) is 29.8 Å². The summed E-state index contributed by atoms with van der Waals surface area (Å²) < 4.78 is 68.1. The fourth-order valence-corrected chi connectivity index (χ4v) is 2.03. The van der Waals surface area contributed by atoms with E-state index in [4.69, 9.17) is 4.74 Å². The summed E-state index contributed by atoms with van der Waals surface area (Å²) in [7, 11) is -5.75. The van der Waals surface area contributed by atoms with Gasteiger partial charge in [0.15, 0.2) is 0 Å². The first-order valence-electron chi connectivity index (χ1n) is 6.81. The van der Waals surface area contributed by atoms with E-state index >= 15 is 0 Å². The Kier molecular flexibility index (Phi) is 5.75. The van der Waals surface area contributed by atoms with Crippen LogP contribution in [0.1, 0.15) is 39.3 Å². The minimum absolute atomic E-state index is 0.343. The average molecular weight is 369 g/mol. The number of ether oxygens (including phenoxy) is 1. The van der Waals surface area contributed by atoms with E-state index in [0.717, 1.165) is 12.1 Å². The summed E-state index contributed by atoms with van der Waals surface area (Å²) in [5, 5.41) is 2.48. The van der Waals surface area contributed by atoms with Crippen LogP contribution in [0.2, 0.25) is 0 Å². The van der Waals surface area contributed by atoms with Crippen LogP contribution >= 0.6 is 0 Å². The molecule has 0 bridgehead atoms. The van der Waals surface area contributed by atoms with Crippen molar-refractivity contribution in [2.45, 2.75) is 44.8 Å². The van der Waals surface area contributed by atoms with E-state index in [9.17, 15) is 26.4 Å². The van der Waals surface area contributed by atoms with Gasteiger partial charge in [-0.3, -0.25) is 0 Å². The molecular weight excluding hydrogens is 351 g/mol. The Balaban J connectivity index is 2.87. The zero-order chi connectivity index (χ0) is 18.8. The predicted molar refractivity (Wildman–Crippen MR) is 79.8 cm³/mol. The Hall–Kier alpha value is -1.97. The molecule has 0 saturated carbocycles. The Morgan fingerprint density at radius 2 is 1.79 bits per heavy atom. The van der Waals surface area contributed by atoms with E-state index < -0.39 is 39.1 Å². The van der Waals surface area contributed by atoms with E-state index in [1.807, 2.05) is 0 Å². The number of benzene rings is 1. The van der Waals surface area contributed by atoms with Crippen molar-refractivity contribution < 1.29 is 35.3 Å². The van der Waals surface area contributed by atoms with Crippen LogP contribution in [-0.4, -0.2) is 25.6 Å². The highest BCUT2D eigenvalue weighted by atomic mass is 32.2. The van der Waals surface area contributed by atoms with Crippen molar-refractivity contribution >= 4 is 16.2 Å². The molecule has 0 aliphatic heterocycles. The van der Waals surface area contributed by atoms with Gasteiger partial charge in [0.2, 0.25) is 0 Å². The van der Waals surface area contributed by atoms with Crippen LogP contribution in [0.15, 0.2) is 24.3 Å². The van der Waals surface area contributed by atoms with Crippen molar-refractivity contribution in [1.82, 2.24) is 5.32 Å². The van der Waals surface area contributed by atoms with Gasteiger partial charge in [0.05, 0.1) is 6.04 Å². The maximum absolute atomic E-state index is 12.3. The van der Waals surface area contributed by atoms with E-state index in [-0.39, 0.29) is 0 Å². The molecule has 1 N–H and O–H groups in total. The summed E-state index contributed by atoms with van der Waals surface area (Å²) in [5.41, 5.74) is -5.89. The summed E-state index contributed by atoms with van der Waals surface area (Å²) in [5.74, 6) is -0.511. The minimum atomic E-state index is -5.75. The lowest BCUT2D eigenvalue weighted by molar-refractivity contribution is -0.0500. The van der Waals surface area contributed by atoms with Crippen LogP contribution in [0.25, 0.3) is 0 Å². The third-order valence-corrected chi connectivity index (χ3v) is 3.56. The number of amides is 1. The highest BCUT2D eigenvalue weighted by molar-refractivity contribution is 7.88.